The van der Waals surface area contributed by atoms with Crippen LogP contribution < -0.4 is 4.74 Å². The van der Waals surface area contributed by atoms with Gasteiger partial charge in [0.1, 0.15) is 12.4 Å². The van der Waals surface area contributed by atoms with E-state index in [2.05, 4.69) is 57.3 Å². The zero-order valence-corrected chi connectivity index (χ0v) is 17.5. The Kier molecular flexibility index (Phi) is 6.01. The van der Waals surface area contributed by atoms with Gasteiger partial charge in [-0.3, -0.25) is 0 Å². The molecule has 1 aromatic heterocycles. The number of thiophene rings is 1. The molecule has 2 atom stereocenters. The highest BCUT2D eigenvalue weighted by atomic mass is 32.1. The molecule has 0 saturated heterocycles. The van der Waals surface area contributed by atoms with Gasteiger partial charge in [0.15, 0.2) is 0 Å². The van der Waals surface area contributed by atoms with Gasteiger partial charge in [-0.25, -0.2) is 0 Å². The minimum absolute atomic E-state index is 0.0210. The highest BCUT2D eigenvalue weighted by Crippen LogP contribution is 2.40. The quantitative estimate of drug-likeness (QED) is 0.698. The summed E-state index contributed by atoms with van der Waals surface area (Å²) in [5, 5.41) is 12.4. The second kappa shape index (κ2) is 7.51. The van der Waals surface area contributed by atoms with Gasteiger partial charge >= 0.3 is 0 Å². The summed E-state index contributed by atoms with van der Waals surface area (Å²) in [6.07, 6.45) is 0.566. The third-order valence-corrected chi connectivity index (χ3v) is 6.50. The molecule has 1 heterocycles. The van der Waals surface area contributed by atoms with Crippen LogP contribution in [0.5, 0.6) is 5.75 Å². The van der Waals surface area contributed by atoms with E-state index in [4.69, 9.17) is 4.74 Å². The fourth-order valence-electron chi connectivity index (χ4n) is 2.81. The maximum absolute atomic E-state index is 10.2. The van der Waals surface area contributed by atoms with Crippen LogP contribution in [-0.4, -0.2) is 17.8 Å². The number of rotatable bonds is 6. The highest BCUT2D eigenvalue weighted by Gasteiger charge is 2.29. The van der Waals surface area contributed by atoms with Crippen molar-refractivity contribution in [2.24, 2.45) is 5.41 Å². The van der Waals surface area contributed by atoms with E-state index < -0.39 is 6.10 Å². The summed E-state index contributed by atoms with van der Waals surface area (Å²) in [7, 11) is 0. The molecule has 25 heavy (non-hydrogen) atoms. The molecule has 0 fully saturated rings. The maximum Gasteiger partial charge on any atom is 0.122 e. The molecule has 0 saturated carbocycles. The van der Waals surface area contributed by atoms with E-state index in [-0.39, 0.29) is 10.8 Å². The lowest BCUT2D eigenvalue weighted by Crippen LogP contribution is -2.32. The Morgan fingerprint density at radius 1 is 1.12 bits per heavy atom. The SMILES string of the molecule is CCC(C)(c1ccc(OCC(O)C(C)(C)C)c(C)c1)c1cc(C)cs1. The third-order valence-electron chi connectivity index (χ3n) is 5.19. The lowest BCUT2D eigenvalue weighted by molar-refractivity contribution is 0.0216. The number of ether oxygens (including phenoxy) is 1. The standard InChI is InChI=1S/C22H32O2S/c1-8-22(7,20-11-15(2)14-25-20)17-9-10-18(16(3)12-17)24-13-19(23)21(4,5)6/h9-12,14,19,23H,8,13H2,1-7H3. The van der Waals surface area contributed by atoms with E-state index in [0.717, 1.165) is 17.7 Å². The smallest absolute Gasteiger partial charge is 0.122 e. The molecule has 0 amide bonds. The van der Waals surface area contributed by atoms with E-state index in [1.165, 1.54) is 16.0 Å². The molecule has 2 rings (SSSR count). The molecule has 138 valence electrons. The van der Waals surface area contributed by atoms with Crippen LogP contribution in [0.4, 0.5) is 0 Å². The maximum atomic E-state index is 10.2. The van der Waals surface area contributed by atoms with Crippen molar-refractivity contribution in [3.05, 3.63) is 51.2 Å². The molecule has 1 aromatic carbocycles. The van der Waals surface area contributed by atoms with Crippen LogP contribution in [0.1, 0.15) is 62.6 Å². The van der Waals surface area contributed by atoms with Crippen LogP contribution in [-0.2, 0) is 5.41 Å². The molecule has 0 radical (unpaired) electrons. The monoisotopic (exact) mass is 360 g/mol. The van der Waals surface area contributed by atoms with E-state index in [1.807, 2.05) is 32.1 Å². The number of aliphatic hydroxyl groups is 1. The van der Waals surface area contributed by atoms with Gasteiger partial charge in [-0.05, 0) is 59.9 Å². The van der Waals surface area contributed by atoms with E-state index >= 15 is 0 Å². The molecular weight excluding hydrogens is 328 g/mol. The van der Waals surface area contributed by atoms with Crippen LogP contribution in [0.3, 0.4) is 0 Å². The molecule has 0 aliphatic rings. The summed E-state index contributed by atoms with van der Waals surface area (Å²) in [5.41, 5.74) is 3.61. The average Bonchev–Trinajstić information content (AvgIpc) is 2.98. The van der Waals surface area contributed by atoms with Gasteiger partial charge in [-0.1, -0.05) is 46.8 Å². The number of benzene rings is 1. The molecule has 2 aromatic rings. The number of aliphatic hydroxyl groups excluding tert-OH is 1. The Morgan fingerprint density at radius 2 is 1.80 bits per heavy atom. The van der Waals surface area contributed by atoms with E-state index in [0.29, 0.717) is 6.61 Å². The molecule has 0 bridgehead atoms. The molecule has 0 spiro atoms. The first-order valence-corrected chi connectivity index (χ1v) is 9.93. The van der Waals surface area contributed by atoms with Crippen molar-refractivity contribution in [1.82, 2.24) is 0 Å². The van der Waals surface area contributed by atoms with Gasteiger partial charge in [0.25, 0.3) is 0 Å². The molecule has 0 aliphatic carbocycles. The Morgan fingerprint density at radius 3 is 2.28 bits per heavy atom. The predicted molar refractivity (Wildman–Crippen MR) is 108 cm³/mol. The summed E-state index contributed by atoms with van der Waals surface area (Å²) in [6, 6.07) is 8.75. The molecule has 2 nitrogen and oxygen atoms in total. The van der Waals surface area contributed by atoms with Crippen molar-refractivity contribution in [3.63, 3.8) is 0 Å². The minimum Gasteiger partial charge on any atom is -0.491 e. The van der Waals surface area contributed by atoms with Crippen LogP contribution in [0.2, 0.25) is 0 Å². The highest BCUT2D eigenvalue weighted by molar-refractivity contribution is 7.10. The zero-order valence-electron chi connectivity index (χ0n) is 16.6. The Bertz CT molecular complexity index is 711. The molecule has 3 heteroatoms. The van der Waals surface area contributed by atoms with Crippen molar-refractivity contribution in [1.29, 1.82) is 0 Å². The first kappa shape index (κ1) is 20.0. The lowest BCUT2D eigenvalue weighted by atomic mass is 9.78. The summed E-state index contributed by atoms with van der Waals surface area (Å²) in [6.45, 7) is 15.2. The number of aryl methyl sites for hydroxylation is 2. The topological polar surface area (TPSA) is 29.5 Å². The van der Waals surface area contributed by atoms with Crippen molar-refractivity contribution in [2.45, 2.75) is 66.4 Å². The third kappa shape index (κ3) is 4.45. The van der Waals surface area contributed by atoms with Gasteiger partial charge in [0.2, 0.25) is 0 Å². The minimum atomic E-state index is -0.485. The molecule has 0 aliphatic heterocycles. The number of hydrogen-bond acceptors (Lipinski definition) is 3. The summed E-state index contributed by atoms with van der Waals surface area (Å²) >= 11 is 1.84. The van der Waals surface area contributed by atoms with Crippen LogP contribution in [0.15, 0.2) is 29.6 Å². The van der Waals surface area contributed by atoms with Gasteiger partial charge in [0.05, 0.1) is 6.10 Å². The molecule has 1 N–H and O–H groups in total. The van der Waals surface area contributed by atoms with Crippen molar-refractivity contribution in [2.75, 3.05) is 6.61 Å². The summed E-state index contributed by atoms with van der Waals surface area (Å²) < 4.78 is 5.89. The second-order valence-electron chi connectivity index (χ2n) is 8.35. The van der Waals surface area contributed by atoms with Gasteiger partial charge in [-0.2, -0.15) is 0 Å². The Balaban J connectivity index is 2.23. The molecular formula is C22H32O2S. The van der Waals surface area contributed by atoms with Crippen LogP contribution in [0, 0.1) is 19.3 Å². The van der Waals surface area contributed by atoms with Crippen molar-refractivity contribution in [3.8, 4) is 5.75 Å². The zero-order chi connectivity index (χ0) is 18.8. The Labute approximate surface area is 156 Å². The normalized spacial score (nSPS) is 15.7. The van der Waals surface area contributed by atoms with Crippen LogP contribution in [0.25, 0.3) is 0 Å². The predicted octanol–water partition coefficient (Wildman–Crippen LogP) is 5.87. The second-order valence-corrected chi connectivity index (χ2v) is 9.26. The fraction of sp³-hybridized carbons (Fsp3) is 0.545. The first-order chi connectivity index (χ1) is 11.6. The number of hydrogen-bond donors (Lipinski definition) is 1. The van der Waals surface area contributed by atoms with E-state index in [9.17, 15) is 5.11 Å². The fourth-order valence-corrected chi connectivity index (χ4v) is 3.97. The first-order valence-electron chi connectivity index (χ1n) is 9.05. The van der Waals surface area contributed by atoms with Gasteiger partial charge < -0.3 is 9.84 Å². The molecule has 2 unspecified atom stereocenters. The largest absolute Gasteiger partial charge is 0.491 e. The van der Waals surface area contributed by atoms with Crippen molar-refractivity contribution >= 4 is 11.3 Å². The van der Waals surface area contributed by atoms with Crippen LogP contribution >= 0.6 is 11.3 Å². The lowest BCUT2D eigenvalue weighted by Gasteiger charge is -2.29. The van der Waals surface area contributed by atoms with Gasteiger partial charge in [0, 0.05) is 10.3 Å². The summed E-state index contributed by atoms with van der Waals surface area (Å²) in [4.78, 5) is 1.41. The van der Waals surface area contributed by atoms with Gasteiger partial charge in [-0.15, -0.1) is 11.3 Å². The average molecular weight is 361 g/mol. The Hall–Kier alpha value is -1.32. The summed E-state index contributed by atoms with van der Waals surface area (Å²) in [5.74, 6) is 0.855. The van der Waals surface area contributed by atoms with Crippen molar-refractivity contribution < 1.29 is 9.84 Å². The van der Waals surface area contributed by atoms with E-state index in [1.54, 1.807) is 0 Å².